The highest BCUT2D eigenvalue weighted by molar-refractivity contribution is 6.37. The van der Waals surface area contributed by atoms with Gasteiger partial charge in [0.25, 0.3) is 0 Å². The Morgan fingerprint density at radius 2 is 1.88 bits per heavy atom. The Kier molecular flexibility index (Phi) is 7.57. The van der Waals surface area contributed by atoms with Crippen LogP contribution in [0.1, 0.15) is 37.6 Å². The van der Waals surface area contributed by atoms with E-state index in [0.717, 1.165) is 16.7 Å². The number of nitrogen functional groups attached to an aromatic ring is 1. The number of hydrazone groups is 1. The summed E-state index contributed by atoms with van der Waals surface area (Å²) in [6, 6.07) is 17.0. The third kappa shape index (κ3) is 6.86. The van der Waals surface area contributed by atoms with Gasteiger partial charge in [0, 0.05) is 11.3 Å². The molecule has 0 fully saturated rings. The summed E-state index contributed by atoms with van der Waals surface area (Å²) in [5, 5.41) is 6.59. The van der Waals surface area contributed by atoms with Crippen molar-refractivity contribution in [3.63, 3.8) is 0 Å². The number of amides is 1. The lowest BCUT2D eigenvalue weighted by atomic mass is 10.1. The van der Waals surface area contributed by atoms with Crippen molar-refractivity contribution in [2.45, 2.75) is 39.8 Å². The molecule has 0 unspecified atom stereocenters. The lowest BCUT2D eigenvalue weighted by Crippen LogP contribution is -2.27. The van der Waals surface area contributed by atoms with Crippen LogP contribution in [0.15, 0.2) is 64.7 Å². The van der Waals surface area contributed by atoms with Crippen LogP contribution in [0.4, 0.5) is 16.4 Å². The molecule has 0 saturated carbocycles. The number of carbonyl (C=O) groups is 1. The van der Waals surface area contributed by atoms with Crippen molar-refractivity contribution in [2.24, 2.45) is 15.9 Å². The minimum absolute atomic E-state index is 0.107. The lowest BCUT2D eigenvalue weighted by molar-refractivity contribution is 0.0636. The van der Waals surface area contributed by atoms with Gasteiger partial charge in [-0.25, -0.2) is 14.8 Å². The number of hydrogen-bond donors (Lipinski definition) is 3. The maximum absolute atomic E-state index is 12.2. The maximum atomic E-state index is 12.2. The van der Waals surface area contributed by atoms with Crippen molar-refractivity contribution < 1.29 is 9.53 Å². The predicted octanol–water partition coefficient (Wildman–Crippen LogP) is 4.32. The molecule has 0 aliphatic rings. The maximum Gasteiger partial charge on any atom is 0.412 e. The SMILES string of the molecule is Cc1cccc(-c2cc(C(C=NCc3ccccc3NC(=O)OC(C)(C)C)=NN)nc(N)n2)c1. The number of para-hydroxylation sites is 1. The van der Waals surface area contributed by atoms with Crippen LogP contribution in [0.3, 0.4) is 0 Å². The second kappa shape index (κ2) is 10.6. The average molecular weight is 460 g/mol. The molecule has 34 heavy (non-hydrogen) atoms. The molecule has 1 aromatic heterocycles. The second-order valence-corrected chi connectivity index (χ2v) is 8.63. The molecule has 1 amide bonds. The van der Waals surface area contributed by atoms with Crippen LogP contribution < -0.4 is 16.9 Å². The molecule has 3 rings (SSSR count). The summed E-state index contributed by atoms with van der Waals surface area (Å²) >= 11 is 0. The summed E-state index contributed by atoms with van der Waals surface area (Å²) in [4.78, 5) is 25.2. The number of carbonyl (C=O) groups excluding carboxylic acids is 1. The smallest absolute Gasteiger partial charge is 0.412 e. The number of hydrogen-bond acceptors (Lipinski definition) is 8. The molecule has 1 heterocycles. The van der Waals surface area contributed by atoms with Crippen LogP contribution in [0.25, 0.3) is 11.3 Å². The van der Waals surface area contributed by atoms with Crippen molar-refractivity contribution in [3.05, 3.63) is 71.4 Å². The summed E-state index contributed by atoms with van der Waals surface area (Å²) < 4.78 is 5.33. The quantitative estimate of drug-likeness (QED) is 0.285. The molecule has 0 radical (unpaired) electrons. The fraction of sp³-hybridized carbons (Fsp3) is 0.240. The van der Waals surface area contributed by atoms with E-state index in [4.69, 9.17) is 16.3 Å². The monoisotopic (exact) mass is 459 g/mol. The standard InChI is InChI=1S/C25H29N7O2/c1-16-8-7-10-17(12-16)20-13-21(30-23(26)29-20)22(32-27)15-28-14-18-9-5-6-11-19(18)31-24(33)34-25(2,3)4/h5-13,15H,14,27H2,1-4H3,(H,31,33)(H2,26,29,30). The summed E-state index contributed by atoms with van der Waals surface area (Å²) in [5.74, 6) is 5.73. The van der Waals surface area contributed by atoms with Crippen molar-refractivity contribution >= 4 is 29.7 Å². The van der Waals surface area contributed by atoms with E-state index in [1.165, 1.54) is 6.21 Å². The van der Waals surface area contributed by atoms with Gasteiger partial charge in [-0.2, -0.15) is 5.10 Å². The van der Waals surface area contributed by atoms with E-state index < -0.39 is 11.7 Å². The number of nitrogens with two attached hydrogens (primary N) is 2. The molecule has 3 aromatic rings. The van der Waals surface area contributed by atoms with Crippen molar-refractivity contribution in [1.82, 2.24) is 9.97 Å². The average Bonchev–Trinajstić information content (AvgIpc) is 2.76. The largest absolute Gasteiger partial charge is 0.444 e. The van der Waals surface area contributed by atoms with Crippen molar-refractivity contribution in [3.8, 4) is 11.3 Å². The van der Waals surface area contributed by atoms with Crippen LogP contribution in [0.2, 0.25) is 0 Å². The van der Waals surface area contributed by atoms with E-state index in [0.29, 0.717) is 22.8 Å². The van der Waals surface area contributed by atoms with Gasteiger partial charge in [0.05, 0.1) is 24.1 Å². The van der Waals surface area contributed by atoms with Gasteiger partial charge < -0.3 is 16.3 Å². The topological polar surface area (TPSA) is 141 Å². The first kappa shape index (κ1) is 24.4. The number of anilines is 2. The van der Waals surface area contributed by atoms with Gasteiger partial charge in [0.1, 0.15) is 11.3 Å². The Hall–Kier alpha value is -4.27. The number of ether oxygens (including phenoxy) is 1. The summed E-state index contributed by atoms with van der Waals surface area (Å²) in [5.41, 5.74) is 10.2. The molecular weight excluding hydrogens is 430 g/mol. The van der Waals surface area contributed by atoms with E-state index in [1.807, 2.05) is 49.4 Å². The van der Waals surface area contributed by atoms with E-state index in [9.17, 15) is 4.79 Å². The van der Waals surface area contributed by atoms with Crippen LogP contribution in [-0.2, 0) is 11.3 Å². The van der Waals surface area contributed by atoms with Gasteiger partial charge in [-0.1, -0.05) is 42.0 Å². The molecule has 0 spiro atoms. The number of aryl methyl sites for hydroxylation is 1. The molecule has 2 aromatic carbocycles. The highest BCUT2D eigenvalue weighted by Gasteiger charge is 2.17. The number of nitrogens with zero attached hydrogens (tertiary/aromatic N) is 4. The first-order valence-electron chi connectivity index (χ1n) is 10.7. The highest BCUT2D eigenvalue weighted by Crippen LogP contribution is 2.21. The number of benzene rings is 2. The number of aliphatic imine (C=N–C) groups is 1. The molecule has 0 aliphatic carbocycles. The number of aromatic nitrogens is 2. The van der Waals surface area contributed by atoms with Gasteiger partial charge >= 0.3 is 6.09 Å². The third-order valence-electron chi connectivity index (χ3n) is 4.59. The van der Waals surface area contributed by atoms with Gasteiger partial charge in [-0.05, 0) is 51.5 Å². The van der Waals surface area contributed by atoms with Gasteiger partial charge in [0.15, 0.2) is 0 Å². The van der Waals surface area contributed by atoms with Crippen molar-refractivity contribution in [2.75, 3.05) is 11.1 Å². The zero-order valence-corrected chi connectivity index (χ0v) is 19.7. The Balaban J connectivity index is 1.78. The van der Waals surface area contributed by atoms with E-state index in [2.05, 4.69) is 25.4 Å². The van der Waals surface area contributed by atoms with Crippen molar-refractivity contribution in [1.29, 1.82) is 0 Å². The predicted molar refractivity (Wildman–Crippen MR) is 136 cm³/mol. The molecule has 176 valence electrons. The minimum atomic E-state index is -0.597. The Morgan fingerprint density at radius 3 is 2.59 bits per heavy atom. The van der Waals surface area contributed by atoms with E-state index in [-0.39, 0.29) is 12.5 Å². The Labute approximate surface area is 199 Å². The third-order valence-corrected chi connectivity index (χ3v) is 4.59. The number of nitrogens with one attached hydrogen (secondary N) is 1. The first-order chi connectivity index (χ1) is 16.1. The molecule has 5 N–H and O–H groups in total. The van der Waals surface area contributed by atoms with E-state index in [1.54, 1.807) is 32.9 Å². The summed E-state index contributed by atoms with van der Waals surface area (Å²) in [6.07, 6.45) is 0.986. The molecule has 0 aliphatic heterocycles. The van der Waals surface area contributed by atoms with Crippen LogP contribution in [0, 0.1) is 6.92 Å². The normalized spacial score (nSPS) is 12.1. The zero-order chi connectivity index (χ0) is 24.7. The summed E-state index contributed by atoms with van der Waals surface area (Å²) in [6.45, 7) is 7.70. The number of rotatable bonds is 6. The lowest BCUT2D eigenvalue weighted by Gasteiger charge is -2.20. The fourth-order valence-electron chi connectivity index (χ4n) is 3.14. The van der Waals surface area contributed by atoms with E-state index >= 15 is 0 Å². The Bertz CT molecular complexity index is 1230. The van der Waals surface area contributed by atoms with Crippen LogP contribution >= 0.6 is 0 Å². The molecule has 9 heteroatoms. The minimum Gasteiger partial charge on any atom is -0.444 e. The molecule has 0 atom stereocenters. The van der Waals surface area contributed by atoms with Gasteiger partial charge in [-0.3, -0.25) is 10.3 Å². The van der Waals surface area contributed by atoms with Gasteiger partial charge in [-0.15, -0.1) is 0 Å². The molecule has 0 bridgehead atoms. The van der Waals surface area contributed by atoms with Gasteiger partial charge in [0.2, 0.25) is 5.95 Å². The first-order valence-corrected chi connectivity index (χ1v) is 10.7. The fourth-order valence-corrected chi connectivity index (χ4v) is 3.14. The Morgan fingerprint density at radius 1 is 1.12 bits per heavy atom. The van der Waals surface area contributed by atoms with Crippen LogP contribution in [-0.4, -0.2) is 33.6 Å². The molecule has 9 nitrogen and oxygen atoms in total. The zero-order valence-electron chi connectivity index (χ0n) is 19.7. The second-order valence-electron chi connectivity index (χ2n) is 8.63. The van der Waals surface area contributed by atoms with Crippen LogP contribution in [0.5, 0.6) is 0 Å². The highest BCUT2D eigenvalue weighted by atomic mass is 16.6. The molecule has 0 saturated heterocycles. The molecular formula is C25H29N7O2. The summed E-state index contributed by atoms with van der Waals surface area (Å²) in [7, 11) is 0.